The highest BCUT2D eigenvalue weighted by Gasteiger charge is 2.02. The molecule has 0 N–H and O–H groups in total. The van der Waals surface area contributed by atoms with Crippen LogP contribution in [-0.4, -0.2) is 24.5 Å². The number of aromatic nitrogens is 1. The Morgan fingerprint density at radius 3 is 2.52 bits per heavy atom. The number of hydrogen-bond acceptors (Lipinski definition) is 4. The molecule has 0 aliphatic heterocycles. The Hall–Kier alpha value is -2.72. The number of benzene rings is 2. The average molecular weight is 324 g/mol. The van der Waals surface area contributed by atoms with Gasteiger partial charge in [-0.05, 0) is 42.0 Å². The van der Waals surface area contributed by atoms with Crippen molar-refractivity contribution in [3.63, 3.8) is 0 Å². The Balaban J connectivity index is 1.76. The molecular weight excluding hydrogens is 310 g/mol. The van der Waals surface area contributed by atoms with Gasteiger partial charge in [0.15, 0.2) is 0 Å². The summed E-state index contributed by atoms with van der Waals surface area (Å²) in [5, 5.41) is 9.49. The topological polar surface area (TPSA) is 46.8 Å². The van der Waals surface area contributed by atoms with Crippen LogP contribution in [0.15, 0.2) is 64.8 Å². The van der Waals surface area contributed by atoms with Crippen molar-refractivity contribution >= 4 is 34.9 Å². The molecule has 4 nitrogen and oxygen atoms in total. The Morgan fingerprint density at radius 2 is 1.74 bits per heavy atom. The van der Waals surface area contributed by atoms with Crippen molar-refractivity contribution < 1.29 is 4.74 Å². The molecule has 0 atom stereocenters. The Kier molecular flexibility index (Phi) is 4.64. The first-order valence-corrected chi connectivity index (χ1v) is 7.40. The highest BCUT2D eigenvalue weighted by Crippen LogP contribution is 2.19. The second kappa shape index (κ2) is 7.03. The molecular formula is C18H14ClN3O. The zero-order chi connectivity index (χ0) is 16.1. The van der Waals surface area contributed by atoms with Gasteiger partial charge in [-0.1, -0.05) is 29.8 Å². The van der Waals surface area contributed by atoms with Gasteiger partial charge in [-0.25, -0.2) is 4.98 Å². The summed E-state index contributed by atoms with van der Waals surface area (Å²) in [5.74, 6) is 0.805. The SMILES string of the molecule is COc1ccc(/C=N\N=C\c2cc3ccccc3nc2Cl)cc1. The molecule has 0 bridgehead atoms. The zero-order valence-corrected chi connectivity index (χ0v) is 13.2. The molecule has 1 heterocycles. The summed E-state index contributed by atoms with van der Waals surface area (Å²) in [5.41, 5.74) is 2.53. The number of hydrogen-bond donors (Lipinski definition) is 0. The van der Waals surface area contributed by atoms with Crippen molar-refractivity contribution in [2.45, 2.75) is 0 Å². The highest BCUT2D eigenvalue weighted by molar-refractivity contribution is 6.32. The molecule has 0 radical (unpaired) electrons. The van der Waals surface area contributed by atoms with Crippen molar-refractivity contribution in [3.05, 3.63) is 70.9 Å². The van der Waals surface area contributed by atoms with E-state index in [-0.39, 0.29) is 0 Å². The van der Waals surface area contributed by atoms with Gasteiger partial charge in [-0.3, -0.25) is 0 Å². The Bertz CT molecular complexity index is 873. The lowest BCUT2D eigenvalue weighted by Gasteiger charge is -2.00. The number of ether oxygens (including phenoxy) is 1. The summed E-state index contributed by atoms with van der Waals surface area (Å²) < 4.78 is 5.11. The molecule has 0 aliphatic carbocycles. The van der Waals surface area contributed by atoms with E-state index in [1.165, 1.54) is 0 Å². The summed E-state index contributed by atoms with van der Waals surface area (Å²) >= 11 is 6.16. The number of fused-ring (bicyclic) bond motifs is 1. The van der Waals surface area contributed by atoms with Crippen LogP contribution in [0.5, 0.6) is 5.75 Å². The van der Waals surface area contributed by atoms with Gasteiger partial charge in [-0.2, -0.15) is 10.2 Å². The van der Waals surface area contributed by atoms with E-state index in [1.54, 1.807) is 19.5 Å². The molecule has 1 aromatic heterocycles. The standard InChI is InChI=1S/C18H14ClN3O/c1-23-16-8-6-13(7-9-16)11-20-21-12-15-10-14-4-2-3-5-17(14)22-18(15)19/h2-12H,1H3/b20-11-,21-12+. The summed E-state index contributed by atoms with van der Waals surface area (Å²) in [6.45, 7) is 0. The van der Waals surface area contributed by atoms with Crippen LogP contribution in [-0.2, 0) is 0 Å². The van der Waals surface area contributed by atoms with Gasteiger partial charge in [0, 0.05) is 10.9 Å². The summed E-state index contributed by atoms with van der Waals surface area (Å²) in [6.07, 6.45) is 3.26. The predicted octanol–water partition coefficient (Wildman–Crippen LogP) is 4.35. The molecule has 0 saturated carbocycles. The van der Waals surface area contributed by atoms with E-state index < -0.39 is 0 Å². The van der Waals surface area contributed by atoms with Gasteiger partial charge < -0.3 is 4.74 Å². The molecule has 0 aliphatic rings. The first kappa shape index (κ1) is 15.2. The maximum atomic E-state index is 6.16. The fourth-order valence-electron chi connectivity index (χ4n) is 2.08. The molecule has 3 aromatic rings. The van der Waals surface area contributed by atoms with E-state index in [0.717, 1.165) is 27.8 Å². The van der Waals surface area contributed by atoms with Gasteiger partial charge in [0.25, 0.3) is 0 Å². The molecule has 0 unspecified atom stereocenters. The molecule has 114 valence electrons. The quantitative estimate of drug-likeness (QED) is 0.407. The number of pyridine rings is 1. The van der Waals surface area contributed by atoms with Crippen LogP contribution in [0.2, 0.25) is 5.15 Å². The van der Waals surface area contributed by atoms with Gasteiger partial charge in [-0.15, -0.1) is 0 Å². The summed E-state index contributed by atoms with van der Waals surface area (Å²) in [7, 11) is 1.63. The number of nitrogens with zero attached hydrogens (tertiary/aromatic N) is 3. The van der Waals surface area contributed by atoms with E-state index in [0.29, 0.717) is 5.15 Å². The van der Waals surface area contributed by atoms with Gasteiger partial charge >= 0.3 is 0 Å². The summed E-state index contributed by atoms with van der Waals surface area (Å²) in [4.78, 5) is 4.34. The van der Waals surface area contributed by atoms with Crippen LogP contribution in [0.25, 0.3) is 10.9 Å². The Labute approximate surface area is 139 Å². The maximum absolute atomic E-state index is 6.16. The highest BCUT2D eigenvalue weighted by atomic mass is 35.5. The molecule has 0 saturated heterocycles. The molecule has 0 amide bonds. The zero-order valence-electron chi connectivity index (χ0n) is 12.5. The molecule has 5 heteroatoms. The van der Waals surface area contributed by atoms with E-state index in [4.69, 9.17) is 16.3 Å². The number of halogens is 1. The Morgan fingerprint density at radius 1 is 1.00 bits per heavy atom. The second-order valence-electron chi connectivity index (χ2n) is 4.82. The molecule has 3 rings (SSSR count). The third kappa shape index (κ3) is 3.73. The number of methoxy groups -OCH3 is 1. The lowest BCUT2D eigenvalue weighted by atomic mass is 10.2. The van der Waals surface area contributed by atoms with Crippen LogP contribution < -0.4 is 4.74 Å². The minimum Gasteiger partial charge on any atom is -0.497 e. The maximum Gasteiger partial charge on any atom is 0.138 e. The van der Waals surface area contributed by atoms with Crippen LogP contribution in [0.1, 0.15) is 11.1 Å². The fraction of sp³-hybridized carbons (Fsp3) is 0.0556. The van der Waals surface area contributed by atoms with Crippen molar-refractivity contribution in [1.82, 2.24) is 4.98 Å². The van der Waals surface area contributed by atoms with Crippen LogP contribution >= 0.6 is 11.6 Å². The van der Waals surface area contributed by atoms with Crippen molar-refractivity contribution in [1.29, 1.82) is 0 Å². The largest absolute Gasteiger partial charge is 0.497 e. The molecule has 0 spiro atoms. The smallest absolute Gasteiger partial charge is 0.138 e. The third-order valence-electron chi connectivity index (χ3n) is 3.29. The normalized spacial score (nSPS) is 11.6. The minimum atomic E-state index is 0.409. The summed E-state index contributed by atoms with van der Waals surface area (Å²) in [6, 6.07) is 17.3. The number of para-hydroxylation sites is 1. The van der Waals surface area contributed by atoms with E-state index in [9.17, 15) is 0 Å². The van der Waals surface area contributed by atoms with E-state index >= 15 is 0 Å². The second-order valence-corrected chi connectivity index (χ2v) is 5.18. The average Bonchev–Trinajstić information content (AvgIpc) is 2.59. The minimum absolute atomic E-state index is 0.409. The number of rotatable bonds is 4. The van der Waals surface area contributed by atoms with Gasteiger partial charge in [0.1, 0.15) is 10.9 Å². The molecule has 2 aromatic carbocycles. The van der Waals surface area contributed by atoms with E-state index in [2.05, 4.69) is 15.2 Å². The fourth-order valence-corrected chi connectivity index (χ4v) is 2.28. The molecule has 23 heavy (non-hydrogen) atoms. The monoisotopic (exact) mass is 323 g/mol. The van der Waals surface area contributed by atoms with Gasteiger partial charge in [0.05, 0.1) is 25.1 Å². The van der Waals surface area contributed by atoms with Crippen LogP contribution in [0.4, 0.5) is 0 Å². The van der Waals surface area contributed by atoms with Crippen molar-refractivity contribution in [2.75, 3.05) is 7.11 Å². The third-order valence-corrected chi connectivity index (χ3v) is 3.59. The van der Waals surface area contributed by atoms with Crippen molar-refractivity contribution in [3.8, 4) is 5.75 Å². The molecule has 0 fully saturated rings. The first-order chi connectivity index (χ1) is 11.3. The predicted molar refractivity (Wildman–Crippen MR) is 94.9 cm³/mol. The van der Waals surface area contributed by atoms with Crippen LogP contribution in [0.3, 0.4) is 0 Å². The van der Waals surface area contributed by atoms with Crippen molar-refractivity contribution in [2.24, 2.45) is 10.2 Å². The lowest BCUT2D eigenvalue weighted by molar-refractivity contribution is 0.415. The first-order valence-electron chi connectivity index (χ1n) is 7.02. The van der Waals surface area contributed by atoms with Gasteiger partial charge in [0.2, 0.25) is 0 Å². The lowest BCUT2D eigenvalue weighted by Crippen LogP contribution is -1.88. The van der Waals surface area contributed by atoms with E-state index in [1.807, 2.05) is 54.6 Å². The van der Waals surface area contributed by atoms with Crippen LogP contribution in [0, 0.1) is 0 Å².